The highest BCUT2D eigenvalue weighted by atomic mass is 32.1. The van der Waals surface area contributed by atoms with Gasteiger partial charge in [0.05, 0.1) is 16.8 Å². The van der Waals surface area contributed by atoms with Gasteiger partial charge in [-0.05, 0) is 39.3 Å². The number of nitrogens with one attached hydrogen (secondary N) is 1. The van der Waals surface area contributed by atoms with Crippen LogP contribution in [0, 0.1) is 24.0 Å². The number of aryl methyl sites for hydroxylation is 1. The first-order valence-electron chi connectivity index (χ1n) is 11.0. The fourth-order valence-electron chi connectivity index (χ4n) is 4.09. The van der Waals surface area contributed by atoms with Gasteiger partial charge >= 0.3 is 5.69 Å². The monoisotopic (exact) mass is 532 g/mol. The molecular weight excluding hydrogens is 510 g/mol. The zero-order chi connectivity index (χ0) is 27.2. The molecule has 37 heavy (non-hydrogen) atoms. The first-order valence-corrected chi connectivity index (χ1v) is 11.8. The van der Waals surface area contributed by atoms with E-state index in [1.54, 1.807) is 11.6 Å². The van der Waals surface area contributed by atoms with E-state index in [0.29, 0.717) is 23.4 Å². The molecule has 0 aromatic carbocycles. The van der Waals surface area contributed by atoms with Gasteiger partial charge in [-0.1, -0.05) is 0 Å². The lowest BCUT2D eigenvalue weighted by Gasteiger charge is -2.15. The molecule has 4 aromatic rings. The summed E-state index contributed by atoms with van der Waals surface area (Å²) in [6.45, 7) is 7.11. The molecule has 0 bridgehead atoms. The summed E-state index contributed by atoms with van der Waals surface area (Å²) in [5.74, 6) is -1.55. The average molecular weight is 533 g/mol. The number of thiophene rings is 1. The SMILES string of the molecule is CCn1ncc(-c2cc(C(F)F)nc3sc(C(N)=O)c(NC(=O)C(C)n4ncc([N+](=O)[O-])c4C)c23)c1C. The van der Waals surface area contributed by atoms with Crippen molar-refractivity contribution in [1.82, 2.24) is 24.5 Å². The van der Waals surface area contributed by atoms with Crippen molar-refractivity contribution in [2.45, 2.75) is 46.7 Å². The number of aromatic nitrogens is 5. The van der Waals surface area contributed by atoms with Crippen LogP contribution < -0.4 is 11.1 Å². The number of pyridine rings is 1. The molecule has 0 fully saturated rings. The molecule has 1 unspecified atom stereocenters. The van der Waals surface area contributed by atoms with Gasteiger partial charge in [-0.3, -0.25) is 29.1 Å². The number of carbonyl (C=O) groups is 2. The van der Waals surface area contributed by atoms with Gasteiger partial charge in [0.1, 0.15) is 33.3 Å². The van der Waals surface area contributed by atoms with Gasteiger partial charge in [0, 0.05) is 23.2 Å². The predicted molar refractivity (Wildman–Crippen MR) is 132 cm³/mol. The van der Waals surface area contributed by atoms with Crippen LogP contribution in [0.25, 0.3) is 21.3 Å². The third kappa shape index (κ3) is 4.41. The Hall–Kier alpha value is -4.27. The summed E-state index contributed by atoms with van der Waals surface area (Å²) in [6, 6.07) is 0.180. The zero-order valence-corrected chi connectivity index (χ0v) is 21.0. The van der Waals surface area contributed by atoms with Gasteiger partial charge in [0.2, 0.25) is 5.91 Å². The van der Waals surface area contributed by atoms with Crippen LogP contribution >= 0.6 is 11.3 Å². The minimum absolute atomic E-state index is 0.00984. The second-order valence-electron chi connectivity index (χ2n) is 8.19. The number of nitrogens with zero attached hydrogens (tertiary/aromatic N) is 6. The summed E-state index contributed by atoms with van der Waals surface area (Å²) >= 11 is 0.779. The molecule has 0 spiro atoms. The van der Waals surface area contributed by atoms with Crippen molar-refractivity contribution >= 4 is 44.7 Å². The topological polar surface area (TPSA) is 164 Å². The molecule has 4 rings (SSSR count). The Morgan fingerprint density at radius 3 is 2.46 bits per heavy atom. The van der Waals surface area contributed by atoms with Crippen LogP contribution in [0.15, 0.2) is 18.5 Å². The second-order valence-corrected chi connectivity index (χ2v) is 9.19. The Bertz CT molecular complexity index is 1560. The molecule has 0 aliphatic heterocycles. The van der Waals surface area contributed by atoms with Crippen LogP contribution in [0.4, 0.5) is 20.2 Å². The summed E-state index contributed by atoms with van der Waals surface area (Å²) in [5.41, 5.74) is 6.49. The molecule has 4 aromatic heterocycles. The van der Waals surface area contributed by atoms with E-state index >= 15 is 0 Å². The Morgan fingerprint density at radius 2 is 1.92 bits per heavy atom. The number of alkyl halides is 2. The van der Waals surface area contributed by atoms with E-state index < -0.39 is 34.9 Å². The fourth-order valence-corrected chi connectivity index (χ4v) is 5.10. The maximum atomic E-state index is 13.7. The number of hydrogen-bond acceptors (Lipinski definition) is 8. The van der Waals surface area contributed by atoms with E-state index in [-0.39, 0.29) is 32.2 Å². The van der Waals surface area contributed by atoms with Gasteiger partial charge < -0.3 is 11.1 Å². The molecule has 0 aliphatic carbocycles. The highest BCUT2D eigenvalue weighted by Crippen LogP contribution is 2.43. The molecule has 1 atom stereocenters. The number of primary amides is 1. The second kappa shape index (κ2) is 9.65. The minimum Gasteiger partial charge on any atom is -0.365 e. The van der Waals surface area contributed by atoms with Crippen molar-refractivity contribution in [2.24, 2.45) is 5.73 Å². The third-order valence-corrected chi connectivity index (χ3v) is 7.13. The fraction of sp³-hybridized carbons (Fsp3) is 0.318. The summed E-state index contributed by atoms with van der Waals surface area (Å²) < 4.78 is 30.3. The van der Waals surface area contributed by atoms with Gasteiger partial charge in [-0.15, -0.1) is 11.3 Å². The van der Waals surface area contributed by atoms with Gasteiger partial charge in [-0.25, -0.2) is 13.8 Å². The molecule has 4 heterocycles. The standard InChI is InChI=1S/C22H22F2N8O4S/c1-5-30-9(2)13(7-26-30)12-6-14(19(23)24)28-22-16(12)17(18(37-22)20(25)33)29-21(34)11(4)31-10(3)15(8-27-31)32(35)36/h6-8,11,19H,5H2,1-4H3,(H2,25,33)(H,29,34). The highest BCUT2D eigenvalue weighted by Gasteiger charge is 2.29. The van der Waals surface area contributed by atoms with E-state index in [9.17, 15) is 28.5 Å². The van der Waals surface area contributed by atoms with Gasteiger partial charge in [-0.2, -0.15) is 10.2 Å². The number of nitro groups is 1. The van der Waals surface area contributed by atoms with E-state index in [1.165, 1.54) is 30.8 Å². The van der Waals surface area contributed by atoms with Crippen molar-refractivity contribution in [3.8, 4) is 11.1 Å². The van der Waals surface area contributed by atoms with E-state index in [2.05, 4.69) is 20.5 Å². The molecule has 0 saturated heterocycles. The number of rotatable bonds is 8. The van der Waals surface area contributed by atoms with E-state index in [1.807, 2.05) is 6.92 Å². The first kappa shape index (κ1) is 25.8. The van der Waals surface area contributed by atoms with Crippen LogP contribution in [0.3, 0.4) is 0 Å². The third-order valence-electron chi connectivity index (χ3n) is 6.03. The van der Waals surface area contributed by atoms with Crippen LogP contribution in [-0.4, -0.2) is 41.3 Å². The largest absolute Gasteiger partial charge is 0.365 e. The highest BCUT2D eigenvalue weighted by molar-refractivity contribution is 7.21. The number of carbonyl (C=O) groups excluding carboxylic acids is 2. The van der Waals surface area contributed by atoms with Crippen LogP contribution in [0.1, 0.15) is 53.1 Å². The quantitative estimate of drug-likeness (QED) is 0.254. The zero-order valence-electron chi connectivity index (χ0n) is 20.2. The number of nitrogens with two attached hydrogens (primary N) is 1. The maximum absolute atomic E-state index is 13.7. The van der Waals surface area contributed by atoms with Gasteiger partial charge in [0.25, 0.3) is 12.3 Å². The van der Waals surface area contributed by atoms with Crippen LogP contribution in [-0.2, 0) is 11.3 Å². The number of anilines is 1. The van der Waals surface area contributed by atoms with Crippen molar-refractivity contribution in [2.75, 3.05) is 5.32 Å². The lowest BCUT2D eigenvalue weighted by atomic mass is 10.0. The summed E-state index contributed by atoms with van der Waals surface area (Å²) in [4.78, 5) is 40.2. The normalized spacial score (nSPS) is 12.3. The molecule has 0 radical (unpaired) electrons. The lowest BCUT2D eigenvalue weighted by Crippen LogP contribution is -2.26. The molecule has 12 nitrogen and oxygen atoms in total. The van der Waals surface area contributed by atoms with E-state index in [0.717, 1.165) is 17.5 Å². The predicted octanol–water partition coefficient (Wildman–Crippen LogP) is 4.14. The maximum Gasteiger partial charge on any atom is 0.309 e. The summed E-state index contributed by atoms with van der Waals surface area (Å²) in [6.07, 6.45) is -0.332. The lowest BCUT2D eigenvalue weighted by molar-refractivity contribution is -0.385. The van der Waals surface area contributed by atoms with Gasteiger partial charge in [0.15, 0.2) is 0 Å². The molecular formula is C22H22F2N8O4S. The van der Waals surface area contributed by atoms with Crippen molar-refractivity contribution < 1.29 is 23.3 Å². The summed E-state index contributed by atoms with van der Waals surface area (Å²) in [7, 11) is 0. The Labute approximate surface area is 212 Å². The van der Waals surface area contributed by atoms with Crippen molar-refractivity contribution in [3.05, 3.63) is 50.5 Å². The molecule has 3 N–H and O–H groups in total. The molecule has 0 saturated carbocycles. The number of amides is 2. The summed E-state index contributed by atoms with van der Waals surface area (Å²) in [5, 5.41) is 22.3. The van der Waals surface area contributed by atoms with Crippen LogP contribution in [0.5, 0.6) is 0 Å². The first-order chi connectivity index (χ1) is 17.5. The number of fused-ring (bicyclic) bond motifs is 1. The molecule has 15 heteroatoms. The average Bonchev–Trinajstić information content (AvgIpc) is 3.52. The van der Waals surface area contributed by atoms with E-state index in [4.69, 9.17) is 5.73 Å². The Balaban J connectivity index is 1.90. The molecule has 2 amide bonds. The van der Waals surface area contributed by atoms with Crippen LogP contribution in [0.2, 0.25) is 0 Å². The molecule has 0 aliphatic rings. The Morgan fingerprint density at radius 1 is 1.22 bits per heavy atom. The smallest absolute Gasteiger partial charge is 0.309 e. The molecule has 194 valence electrons. The van der Waals surface area contributed by atoms with Crippen molar-refractivity contribution in [3.63, 3.8) is 0 Å². The Kier molecular flexibility index (Phi) is 6.73. The number of hydrogen-bond donors (Lipinski definition) is 2. The number of halogens is 2. The minimum atomic E-state index is -2.89. The van der Waals surface area contributed by atoms with Crippen molar-refractivity contribution in [1.29, 1.82) is 0 Å².